The van der Waals surface area contributed by atoms with Gasteiger partial charge < -0.3 is 16.0 Å². The molecule has 0 aliphatic carbocycles. The topological polar surface area (TPSA) is 75.4 Å². The molecule has 0 spiro atoms. The molecule has 1 aromatic carbocycles. The minimum atomic E-state index is -4.44. The number of hydrogen-bond donors (Lipinski definition) is 2. The summed E-state index contributed by atoms with van der Waals surface area (Å²) in [5.41, 5.74) is 4.62. The third-order valence-corrected chi connectivity index (χ3v) is 3.54. The van der Waals surface area contributed by atoms with Gasteiger partial charge in [0.25, 0.3) is 0 Å². The second-order valence-corrected chi connectivity index (χ2v) is 5.08. The van der Waals surface area contributed by atoms with E-state index in [1.807, 2.05) is 0 Å². The molecule has 1 aliphatic heterocycles. The molecule has 2 rings (SSSR count). The SMILES string of the molecule is NC(=O)C1CCCN1C(=O)CNc1cccc(C(F)(F)F)c1. The van der Waals surface area contributed by atoms with Crippen LogP contribution in [0.25, 0.3) is 0 Å². The number of primary amides is 1. The molecular formula is C14H16F3N3O2. The van der Waals surface area contributed by atoms with Crippen LogP contribution in [0.5, 0.6) is 0 Å². The standard InChI is InChI=1S/C14H16F3N3O2/c15-14(16,17)9-3-1-4-10(7-9)19-8-12(21)20-6-2-5-11(20)13(18)22/h1,3-4,7,11,19H,2,5-6,8H2,(H2,18,22). The van der Waals surface area contributed by atoms with Gasteiger partial charge in [0.05, 0.1) is 12.1 Å². The van der Waals surface area contributed by atoms with E-state index in [9.17, 15) is 22.8 Å². The summed E-state index contributed by atoms with van der Waals surface area (Å²) in [6.07, 6.45) is -3.23. The van der Waals surface area contributed by atoms with Crippen molar-refractivity contribution in [2.75, 3.05) is 18.4 Å². The number of amides is 2. The molecule has 8 heteroatoms. The number of carbonyl (C=O) groups is 2. The molecule has 5 nitrogen and oxygen atoms in total. The number of nitrogens with zero attached hydrogens (tertiary/aromatic N) is 1. The van der Waals surface area contributed by atoms with Crippen molar-refractivity contribution in [3.05, 3.63) is 29.8 Å². The normalized spacial score (nSPS) is 18.3. The van der Waals surface area contributed by atoms with Crippen LogP contribution in [0, 0.1) is 0 Å². The third-order valence-electron chi connectivity index (χ3n) is 3.54. The molecule has 1 heterocycles. The molecule has 0 radical (unpaired) electrons. The summed E-state index contributed by atoms with van der Waals surface area (Å²) in [7, 11) is 0. The first-order valence-corrected chi connectivity index (χ1v) is 6.79. The van der Waals surface area contributed by atoms with Crippen molar-refractivity contribution in [2.24, 2.45) is 5.73 Å². The second kappa shape index (κ2) is 6.25. The zero-order chi connectivity index (χ0) is 16.3. The first kappa shape index (κ1) is 16.1. The summed E-state index contributed by atoms with van der Waals surface area (Å²) < 4.78 is 37.8. The van der Waals surface area contributed by atoms with Gasteiger partial charge in [-0.25, -0.2) is 0 Å². The smallest absolute Gasteiger partial charge is 0.376 e. The van der Waals surface area contributed by atoms with Gasteiger partial charge in [0.1, 0.15) is 6.04 Å². The number of nitrogens with two attached hydrogens (primary N) is 1. The molecule has 0 aromatic heterocycles. The Labute approximate surface area is 125 Å². The van der Waals surface area contributed by atoms with Gasteiger partial charge in [0, 0.05) is 12.2 Å². The Morgan fingerprint density at radius 1 is 1.36 bits per heavy atom. The van der Waals surface area contributed by atoms with Gasteiger partial charge in [-0.15, -0.1) is 0 Å². The molecule has 1 saturated heterocycles. The van der Waals surface area contributed by atoms with Gasteiger partial charge in [-0.05, 0) is 31.0 Å². The number of likely N-dealkylation sites (tertiary alicyclic amines) is 1. The van der Waals surface area contributed by atoms with Crippen molar-refractivity contribution in [1.29, 1.82) is 0 Å². The van der Waals surface area contributed by atoms with Gasteiger partial charge in [0.15, 0.2) is 0 Å². The predicted octanol–water partition coefficient (Wildman–Crippen LogP) is 1.59. The highest BCUT2D eigenvalue weighted by Crippen LogP contribution is 2.30. The number of rotatable bonds is 4. The van der Waals surface area contributed by atoms with Crippen LogP contribution in [0.1, 0.15) is 18.4 Å². The lowest BCUT2D eigenvalue weighted by Gasteiger charge is -2.22. The summed E-state index contributed by atoms with van der Waals surface area (Å²) in [6.45, 7) is 0.238. The molecule has 1 atom stereocenters. The van der Waals surface area contributed by atoms with Crippen molar-refractivity contribution in [2.45, 2.75) is 25.1 Å². The molecule has 22 heavy (non-hydrogen) atoms. The van der Waals surface area contributed by atoms with Gasteiger partial charge in [-0.3, -0.25) is 9.59 Å². The van der Waals surface area contributed by atoms with E-state index in [0.29, 0.717) is 19.4 Å². The van der Waals surface area contributed by atoms with E-state index in [0.717, 1.165) is 12.1 Å². The van der Waals surface area contributed by atoms with Crippen molar-refractivity contribution < 1.29 is 22.8 Å². The van der Waals surface area contributed by atoms with Crippen LogP contribution in [0.4, 0.5) is 18.9 Å². The van der Waals surface area contributed by atoms with Crippen LogP contribution in [-0.4, -0.2) is 35.8 Å². The van der Waals surface area contributed by atoms with Gasteiger partial charge >= 0.3 is 6.18 Å². The molecule has 2 amide bonds. The van der Waals surface area contributed by atoms with Crippen LogP contribution in [0.3, 0.4) is 0 Å². The largest absolute Gasteiger partial charge is 0.416 e. The third kappa shape index (κ3) is 3.69. The van der Waals surface area contributed by atoms with Crippen LogP contribution in [0.2, 0.25) is 0 Å². The molecule has 1 fully saturated rings. The first-order chi connectivity index (χ1) is 10.3. The highest BCUT2D eigenvalue weighted by atomic mass is 19.4. The fourth-order valence-electron chi connectivity index (χ4n) is 2.45. The Kier molecular flexibility index (Phi) is 4.58. The lowest BCUT2D eigenvalue weighted by Crippen LogP contribution is -2.45. The Balaban J connectivity index is 1.98. The van der Waals surface area contributed by atoms with E-state index >= 15 is 0 Å². The fourth-order valence-corrected chi connectivity index (χ4v) is 2.45. The predicted molar refractivity (Wildman–Crippen MR) is 73.9 cm³/mol. The number of halogens is 3. The van der Waals surface area contributed by atoms with E-state index in [2.05, 4.69) is 5.32 Å². The van der Waals surface area contributed by atoms with Gasteiger partial charge in [0.2, 0.25) is 11.8 Å². The van der Waals surface area contributed by atoms with Crippen molar-refractivity contribution in [3.8, 4) is 0 Å². The Bertz CT molecular complexity index is 575. The van der Waals surface area contributed by atoms with E-state index in [1.165, 1.54) is 17.0 Å². The Hall–Kier alpha value is -2.25. The summed E-state index contributed by atoms with van der Waals surface area (Å²) in [5, 5.41) is 2.65. The second-order valence-electron chi connectivity index (χ2n) is 5.08. The number of alkyl halides is 3. The van der Waals surface area contributed by atoms with Gasteiger partial charge in [-0.2, -0.15) is 13.2 Å². The molecule has 0 bridgehead atoms. The van der Waals surface area contributed by atoms with E-state index in [1.54, 1.807) is 0 Å². The number of nitrogens with one attached hydrogen (secondary N) is 1. The van der Waals surface area contributed by atoms with Crippen LogP contribution >= 0.6 is 0 Å². The number of benzene rings is 1. The van der Waals surface area contributed by atoms with E-state index in [4.69, 9.17) is 5.73 Å². The lowest BCUT2D eigenvalue weighted by molar-refractivity contribution is -0.137. The maximum Gasteiger partial charge on any atom is 0.416 e. The summed E-state index contributed by atoms with van der Waals surface area (Å²) in [6, 6.07) is 3.96. The highest BCUT2D eigenvalue weighted by molar-refractivity contribution is 5.89. The average molecular weight is 315 g/mol. The maximum atomic E-state index is 12.6. The lowest BCUT2D eigenvalue weighted by atomic mass is 10.2. The zero-order valence-electron chi connectivity index (χ0n) is 11.7. The molecule has 3 N–H and O–H groups in total. The van der Waals surface area contributed by atoms with E-state index < -0.39 is 23.7 Å². The highest BCUT2D eigenvalue weighted by Gasteiger charge is 2.33. The van der Waals surface area contributed by atoms with Crippen LogP contribution in [0.15, 0.2) is 24.3 Å². The Morgan fingerprint density at radius 3 is 2.73 bits per heavy atom. The van der Waals surface area contributed by atoms with E-state index in [-0.39, 0.29) is 18.1 Å². The van der Waals surface area contributed by atoms with Crippen LogP contribution < -0.4 is 11.1 Å². The number of hydrogen-bond acceptors (Lipinski definition) is 3. The van der Waals surface area contributed by atoms with Crippen molar-refractivity contribution in [1.82, 2.24) is 4.90 Å². The molecule has 120 valence electrons. The molecule has 1 unspecified atom stereocenters. The molecule has 0 saturated carbocycles. The molecule has 1 aromatic rings. The fraction of sp³-hybridized carbons (Fsp3) is 0.429. The maximum absolute atomic E-state index is 12.6. The number of anilines is 1. The summed E-state index contributed by atoms with van der Waals surface area (Å²) in [4.78, 5) is 24.6. The monoisotopic (exact) mass is 315 g/mol. The number of carbonyl (C=O) groups excluding carboxylic acids is 2. The molecule has 1 aliphatic rings. The minimum absolute atomic E-state index is 0.189. The molecular weight excluding hydrogens is 299 g/mol. The Morgan fingerprint density at radius 2 is 2.09 bits per heavy atom. The van der Waals surface area contributed by atoms with Crippen LogP contribution in [-0.2, 0) is 15.8 Å². The zero-order valence-corrected chi connectivity index (χ0v) is 11.7. The van der Waals surface area contributed by atoms with Crippen molar-refractivity contribution in [3.63, 3.8) is 0 Å². The quantitative estimate of drug-likeness (QED) is 0.886. The average Bonchev–Trinajstić information content (AvgIpc) is 2.94. The minimum Gasteiger partial charge on any atom is -0.376 e. The summed E-state index contributed by atoms with van der Waals surface area (Å²) >= 11 is 0. The summed E-state index contributed by atoms with van der Waals surface area (Å²) in [5.74, 6) is -0.927. The van der Waals surface area contributed by atoms with Crippen molar-refractivity contribution >= 4 is 17.5 Å². The first-order valence-electron chi connectivity index (χ1n) is 6.79. The van der Waals surface area contributed by atoms with Gasteiger partial charge in [-0.1, -0.05) is 6.07 Å².